The average molecular weight is 346 g/mol. The molecular weight excluding hydrogens is 316 g/mol. The summed E-state index contributed by atoms with van der Waals surface area (Å²) in [6, 6.07) is 0.221. The number of carbonyl (C=O) groups is 1. The van der Waals surface area contributed by atoms with Crippen molar-refractivity contribution in [3.63, 3.8) is 0 Å². The van der Waals surface area contributed by atoms with E-state index in [4.69, 9.17) is 4.52 Å². The van der Waals surface area contributed by atoms with E-state index in [9.17, 15) is 4.79 Å². The molecule has 4 rings (SSSR count). The van der Waals surface area contributed by atoms with Gasteiger partial charge in [-0.1, -0.05) is 37.3 Å². The Labute approximate surface area is 149 Å². The van der Waals surface area contributed by atoms with Crippen molar-refractivity contribution in [3.05, 3.63) is 11.7 Å². The molecule has 138 valence electrons. The first-order chi connectivity index (χ1) is 12.2. The van der Waals surface area contributed by atoms with Gasteiger partial charge in [0.05, 0.1) is 6.04 Å². The van der Waals surface area contributed by atoms with E-state index in [0.717, 1.165) is 25.1 Å². The van der Waals surface area contributed by atoms with E-state index in [2.05, 4.69) is 20.8 Å². The molecule has 4 atom stereocenters. The lowest BCUT2D eigenvalue weighted by Crippen LogP contribution is -2.43. The van der Waals surface area contributed by atoms with Gasteiger partial charge < -0.3 is 15.2 Å². The van der Waals surface area contributed by atoms with Crippen molar-refractivity contribution in [1.82, 2.24) is 20.8 Å². The summed E-state index contributed by atoms with van der Waals surface area (Å²) in [5, 5.41) is 10.8. The highest BCUT2D eigenvalue weighted by atomic mass is 16.5. The molecule has 2 N–H and O–H groups in total. The lowest BCUT2D eigenvalue weighted by atomic mass is 9.85. The van der Waals surface area contributed by atoms with E-state index in [0.29, 0.717) is 23.8 Å². The van der Waals surface area contributed by atoms with Crippen LogP contribution in [0, 0.1) is 5.92 Å². The van der Waals surface area contributed by atoms with E-state index in [1.807, 2.05) is 6.92 Å². The summed E-state index contributed by atoms with van der Waals surface area (Å²) in [5.74, 6) is 2.51. The number of hydrogen-bond donors (Lipinski definition) is 2. The van der Waals surface area contributed by atoms with Gasteiger partial charge in [-0.25, -0.2) is 0 Å². The van der Waals surface area contributed by atoms with Gasteiger partial charge in [-0.3, -0.25) is 4.79 Å². The van der Waals surface area contributed by atoms with Crippen molar-refractivity contribution >= 4 is 5.91 Å². The van der Waals surface area contributed by atoms with Crippen LogP contribution < -0.4 is 10.6 Å². The van der Waals surface area contributed by atoms with Crippen LogP contribution in [0.5, 0.6) is 0 Å². The topological polar surface area (TPSA) is 80.0 Å². The van der Waals surface area contributed by atoms with Gasteiger partial charge in [0.2, 0.25) is 11.8 Å². The number of carbonyl (C=O) groups excluding carboxylic acids is 1. The van der Waals surface area contributed by atoms with Crippen molar-refractivity contribution in [2.24, 2.45) is 5.92 Å². The van der Waals surface area contributed by atoms with Crippen molar-refractivity contribution in [2.45, 2.75) is 95.2 Å². The fraction of sp³-hybridized carbons (Fsp3) is 0.842. The maximum absolute atomic E-state index is 12.6. The highest BCUT2D eigenvalue weighted by molar-refractivity contribution is 5.82. The monoisotopic (exact) mass is 346 g/mol. The van der Waals surface area contributed by atoms with Crippen molar-refractivity contribution in [3.8, 4) is 0 Å². The zero-order valence-corrected chi connectivity index (χ0v) is 15.2. The van der Waals surface area contributed by atoms with Gasteiger partial charge >= 0.3 is 0 Å². The van der Waals surface area contributed by atoms with Crippen LogP contribution in [-0.4, -0.2) is 28.1 Å². The molecule has 2 heterocycles. The Morgan fingerprint density at radius 2 is 1.92 bits per heavy atom. The zero-order chi connectivity index (χ0) is 17.2. The number of nitrogens with zero attached hydrogens (tertiary/aromatic N) is 2. The van der Waals surface area contributed by atoms with Crippen LogP contribution in [0.2, 0.25) is 0 Å². The first kappa shape index (κ1) is 17.0. The molecule has 0 bridgehead atoms. The summed E-state index contributed by atoms with van der Waals surface area (Å²) in [6.07, 6.45) is 12.1. The van der Waals surface area contributed by atoms with E-state index < -0.39 is 0 Å². The van der Waals surface area contributed by atoms with Crippen LogP contribution in [0.25, 0.3) is 0 Å². The van der Waals surface area contributed by atoms with Gasteiger partial charge in [0.1, 0.15) is 6.04 Å². The smallest absolute Gasteiger partial charge is 0.248 e. The molecule has 0 radical (unpaired) electrons. The maximum atomic E-state index is 12.6. The highest BCUT2D eigenvalue weighted by Crippen LogP contribution is 2.34. The van der Waals surface area contributed by atoms with Gasteiger partial charge in [0, 0.05) is 12.0 Å². The Morgan fingerprint density at radius 1 is 1.16 bits per heavy atom. The van der Waals surface area contributed by atoms with Crippen molar-refractivity contribution < 1.29 is 9.32 Å². The summed E-state index contributed by atoms with van der Waals surface area (Å²) < 4.78 is 5.44. The second-order valence-electron chi connectivity index (χ2n) is 8.16. The molecule has 2 saturated carbocycles. The van der Waals surface area contributed by atoms with Gasteiger partial charge in [-0.05, 0) is 44.9 Å². The number of aromatic nitrogens is 2. The average Bonchev–Trinajstić information content (AvgIpc) is 3.29. The normalized spacial score (nSPS) is 31.5. The number of hydrogen-bond acceptors (Lipinski definition) is 5. The van der Waals surface area contributed by atoms with Crippen LogP contribution >= 0.6 is 0 Å². The molecule has 3 aliphatic rings. The fourth-order valence-electron chi connectivity index (χ4n) is 4.85. The van der Waals surface area contributed by atoms with E-state index in [1.54, 1.807) is 0 Å². The summed E-state index contributed by atoms with van der Waals surface area (Å²) in [4.78, 5) is 17.2. The summed E-state index contributed by atoms with van der Waals surface area (Å²) >= 11 is 0. The molecule has 6 heteroatoms. The molecule has 1 aromatic rings. The van der Waals surface area contributed by atoms with Crippen LogP contribution in [0.3, 0.4) is 0 Å². The highest BCUT2D eigenvalue weighted by Gasteiger charge is 2.38. The van der Waals surface area contributed by atoms with E-state index >= 15 is 0 Å². The molecule has 2 aliphatic carbocycles. The van der Waals surface area contributed by atoms with Crippen LogP contribution in [-0.2, 0) is 4.79 Å². The predicted molar refractivity (Wildman–Crippen MR) is 94.0 cm³/mol. The predicted octanol–water partition coefficient (Wildman–Crippen LogP) is 3.22. The number of fused-ring (bicyclic) bond motifs is 1. The first-order valence-electron chi connectivity index (χ1n) is 10.1. The molecule has 0 spiro atoms. The third-order valence-electron chi connectivity index (χ3n) is 6.34. The van der Waals surface area contributed by atoms with E-state index in [1.165, 1.54) is 44.9 Å². The van der Waals surface area contributed by atoms with Crippen LogP contribution in [0.1, 0.15) is 94.8 Å². The molecule has 1 aliphatic heterocycles. The third-order valence-corrected chi connectivity index (χ3v) is 6.34. The SMILES string of the molecule is CC(NC(=O)C1CC2CCCCC2N1)c1nc(C2CCCCC2)no1. The van der Waals surface area contributed by atoms with E-state index in [-0.39, 0.29) is 18.0 Å². The molecular formula is C19H30N4O2. The standard InChI is InChI=1S/C19H30N4O2/c1-12(19-22-17(23-25-19)13-7-3-2-4-8-13)20-18(24)16-11-14-9-5-6-10-15(14)21-16/h12-16,21H,2-11H2,1H3,(H,20,24). The van der Waals surface area contributed by atoms with Gasteiger partial charge in [-0.15, -0.1) is 0 Å². The van der Waals surface area contributed by atoms with Crippen molar-refractivity contribution in [1.29, 1.82) is 0 Å². The summed E-state index contributed by atoms with van der Waals surface area (Å²) in [5.41, 5.74) is 0. The zero-order valence-electron chi connectivity index (χ0n) is 15.2. The fourth-order valence-corrected chi connectivity index (χ4v) is 4.85. The molecule has 0 aromatic carbocycles. The lowest BCUT2D eigenvalue weighted by molar-refractivity contribution is -0.123. The largest absolute Gasteiger partial charge is 0.343 e. The minimum Gasteiger partial charge on any atom is -0.343 e. The molecule has 1 amide bonds. The van der Waals surface area contributed by atoms with Crippen LogP contribution in [0.4, 0.5) is 0 Å². The molecule has 25 heavy (non-hydrogen) atoms. The van der Waals surface area contributed by atoms with Gasteiger partial charge in [0.15, 0.2) is 5.82 Å². The number of nitrogens with one attached hydrogen (secondary N) is 2. The molecule has 1 saturated heterocycles. The number of amides is 1. The van der Waals surface area contributed by atoms with Gasteiger partial charge in [-0.2, -0.15) is 4.98 Å². The Balaban J connectivity index is 1.33. The quantitative estimate of drug-likeness (QED) is 0.875. The first-order valence-corrected chi connectivity index (χ1v) is 10.1. The second-order valence-corrected chi connectivity index (χ2v) is 8.16. The molecule has 3 fully saturated rings. The molecule has 4 unspecified atom stereocenters. The minimum absolute atomic E-state index is 0.0688. The van der Waals surface area contributed by atoms with Gasteiger partial charge in [0.25, 0.3) is 0 Å². The summed E-state index contributed by atoms with van der Waals surface area (Å²) in [6.45, 7) is 1.93. The minimum atomic E-state index is -0.234. The van der Waals surface area contributed by atoms with Crippen molar-refractivity contribution in [2.75, 3.05) is 0 Å². The Bertz CT molecular complexity index is 582. The molecule has 1 aromatic heterocycles. The third kappa shape index (κ3) is 3.73. The maximum Gasteiger partial charge on any atom is 0.248 e. The second kappa shape index (κ2) is 7.44. The Hall–Kier alpha value is -1.43. The number of rotatable bonds is 4. The van der Waals surface area contributed by atoms with Crippen LogP contribution in [0.15, 0.2) is 4.52 Å². The Kier molecular flexibility index (Phi) is 5.06. The molecule has 6 nitrogen and oxygen atoms in total. The Morgan fingerprint density at radius 3 is 2.72 bits per heavy atom. The summed E-state index contributed by atoms with van der Waals surface area (Å²) in [7, 11) is 0. The lowest BCUT2D eigenvalue weighted by Gasteiger charge is -2.24.